The molecular formula is C12H14O2S. The van der Waals surface area contributed by atoms with Crippen molar-refractivity contribution >= 4 is 17.7 Å². The summed E-state index contributed by atoms with van der Waals surface area (Å²) < 4.78 is 4.85. The van der Waals surface area contributed by atoms with E-state index in [1.807, 2.05) is 18.2 Å². The maximum Gasteiger partial charge on any atom is 0.330 e. The highest BCUT2D eigenvalue weighted by Gasteiger charge is 1.96. The second kappa shape index (κ2) is 7.12. The van der Waals surface area contributed by atoms with E-state index in [-0.39, 0.29) is 5.97 Å². The Morgan fingerprint density at radius 1 is 1.40 bits per heavy atom. The van der Waals surface area contributed by atoms with Crippen LogP contribution in [-0.4, -0.2) is 18.3 Å². The molecule has 1 rings (SSSR count). The fraction of sp³-hybridized carbons (Fsp3) is 0.250. The first kappa shape index (κ1) is 11.9. The zero-order valence-electron chi connectivity index (χ0n) is 8.52. The topological polar surface area (TPSA) is 26.3 Å². The van der Waals surface area contributed by atoms with Crippen molar-refractivity contribution in [1.82, 2.24) is 0 Å². The lowest BCUT2D eigenvalue weighted by atomic mass is 10.2. The largest absolute Gasteiger partial charge is 0.462 e. The Bertz CT molecular complexity index is 309. The zero-order valence-corrected chi connectivity index (χ0v) is 9.33. The van der Waals surface area contributed by atoms with E-state index in [1.165, 1.54) is 11.6 Å². The number of carbonyl (C=O) groups excluding carboxylic acids is 1. The summed E-state index contributed by atoms with van der Waals surface area (Å²) in [4.78, 5) is 10.7. The average Bonchev–Trinajstić information content (AvgIpc) is 2.29. The van der Waals surface area contributed by atoms with Gasteiger partial charge in [-0.25, -0.2) is 4.79 Å². The van der Waals surface area contributed by atoms with Crippen molar-refractivity contribution in [3.8, 4) is 0 Å². The maximum absolute atomic E-state index is 10.7. The summed E-state index contributed by atoms with van der Waals surface area (Å²) in [5.41, 5.74) is 1.29. The molecule has 0 atom stereocenters. The first-order chi connectivity index (χ1) is 7.33. The summed E-state index contributed by atoms with van der Waals surface area (Å²) in [6.45, 7) is 3.77. The van der Waals surface area contributed by atoms with E-state index in [9.17, 15) is 4.79 Å². The third-order valence-corrected chi connectivity index (χ3v) is 2.74. The standard InChI is InChI=1S/C12H14O2S/c1-2-12(13)14-8-9-15-10-11-6-4-3-5-7-11/h2-7H,1,8-10H2. The quantitative estimate of drug-likeness (QED) is 0.420. The van der Waals surface area contributed by atoms with Crippen molar-refractivity contribution in [1.29, 1.82) is 0 Å². The van der Waals surface area contributed by atoms with Gasteiger partial charge in [-0.05, 0) is 5.56 Å². The van der Waals surface area contributed by atoms with Gasteiger partial charge < -0.3 is 4.74 Å². The Morgan fingerprint density at radius 3 is 2.80 bits per heavy atom. The molecule has 0 fully saturated rings. The van der Waals surface area contributed by atoms with Gasteiger partial charge in [0, 0.05) is 17.6 Å². The predicted molar refractivity (Wildman–Crippen MR) is 63.8 cm³/mol. The van der Waals surface area contributed by atoms with E-state index in [4.69, 9.17) is 4.74 Å². The van der Waals surface area contributed by atoms with Gasteiger partial charge in [-0.1, -0.05) is 36.9 Å². The summed E-state index contributed by atoms with van der Waals surface area (Å²) in [7, 11) is 0. The first-order valence-corrected chi connectivity index (χ1v) is 5.89. The lowest BCUT2D eigenvalue weighted by Gasteiger charge is -2.02. The molecule has 1 aromatic rings. The molecule has 0 spiro atoms. The van der Waals surface area contributed by atoms with Gasteiger partial charge >= 0.3 is 5.97 Å². The molecule has 0 heterocycles. The van der Waals surface area contributed by atoms with Crippen molar-refractivity contribution in [2.75, 3.05) is 12.4 Å². The van der Waals surface area contributed by atoms with Gasteiger partial charge in [0.05, 0.1) is 0 Å². The van der Waals surface area contributed by atoms with E-state index >= 15 is 0 Å². The van der Waals surface area contributed by atoms with Crippen molar-refractivity contribution in [3.63, 3.8) is 0 Å². The summed E-state index contributed by atoms with van der Waals surface area (Å²) in [6.07, 6.45) is 1.18. The smallest absolute Gasteiger partial charge is 0.330 e. The van der Waals surface area contributed by atoms with Crippen LogP contribution in [0.4, 0.5) is 0 Å². The molecule has 0 aliphatic heterocycles. The SMILES string of the molecule is C=CC(=O)OCCSCc1ccccc1. The van der Waals surface area contributed by atoms with Crippen molar-refractivity contribution in [3.05, 3.63) is 48.6 Å². The monoisotopic (exact) mass is 222 g/mol. The van der Waals surface area contributed by atoms with E-state index in [1.54, 1.807) is 11.8 Å². The van der Waals surface area contributed by atoms with Crippen LogP contribution in [-0.2, 0) is 15.3 Å². The third kappa shape index (κ3) is 5.27. The Labute approximate surface area is 94.3 Å². The molecule has 3 heteroatoms. The zero-order chi connectivity index (χ0) is 10.9. The van der Waals surface area contributed by atoms with Gasteiger partial charge in [-0.15, -0.1) is 0 Å². The van der Waals surface area contributed by atoms with Crippen molar-refractivity contribution < 1.29 is 9.53 Å². The molecule has 0 N–H and O–H groups in total. The second-order valence-corrected chi connectivity index (χ2v) is 4.01. The third-order valence-electron chi connectivity index (χ3n) is 1.75. The highest BCUT2D eigenvalue weighted by Crippen LogP contribution is 2.10. The molecule has 0 saturated carbocycles. The number of hydrogen-bond acceptors (Lipinski definition) is 3. The van der Waals surface area contributed by atoms with Crippen LogP contribution in [0.1, 0.15) is 5.56 Å². The lowest BCUT2D eigenvalue weighted by molar-refractivity contribution is -0.137. The van der Waals surface area contributed by atoms with Crippen LogP contribution in [0.2, 0.25) is 0 Å². The van der Waals surface area contributed by atoms with Crippen LogP contribution >= 0.6 is 11.8 Å². The second-order valence-electron chi connectivity index (χ2n) is 2.91. The van der Waals surface area contributed by atoms with Gasteiger partial charge in [0.25, 0.3) is 0 Å². The molecule has 15 heavy (non-hydrogen) atoms. The van der Waals surface area contributed by atoms with Gasteiger partial charge in [0.1, 0.15) is 6.61 Å². The maximum atomic E-state index is 10.7. The Morgan fingerprint density at radius 2 is 2.13 bits per heavy atom. The van der Waals surface area contributed by atoms with Crippen LogP contribution in [0.25, 0.3) is 0 Å². The molecule has 0 aliphatic carbocycles. The predicted octanol–water partition coefficient (Wildman–Crippen LogP) is 2.65. The summed E-state index contributed by atoms with van der Waals surface area (Å²) in [6, 6.07) is 10.2. The minimum atomic E-state index is -0.352. The molecule has 2 nitrogen and oxygen atoms in total. The molecule has 0 unspecified atom stereocenters. The minimum Gasteiger partial charge on any atom is -0.462 e. The number of hydrogen-bond donors (Lipinski definition) is 0. The number of ether oxygens (including phenoxy) is 1. The van der Waals surface area contributed by atoms with Gasteiger partial charge in [-0.3, -0.25) is 0 Å². The Hall–Kier alpha value is -1.22. The molecule has 0 aliphatic rings. The van der Waals surface area contributed by atoms with Gasteiger partial charge in [0.15, 0.2) is 0 Å². The van der Waals surface area contributed by atoms with Crippen LogP contribution < -0.4 is 0 Å². The molecule has 0 amide bonds. The first-order valence-electron chi connectivity index (χ1n) is 4.74. The number of benzene rings is 1. The molecule has 0 aromatic heterocycles. The number of rotatable bonds is 6. The fourth-order valence-electron chi connectivity index (χ4n) is 1.02. The number of esters is 1. The van der Waals surface area contributed by atoms with Crippen LogP contribution in [0, 0.1) is 0 Å². The van der Waals surface area contributed by atoms with Crippen molar-refractivity contribution in [2.45, 2.75) is 5.75 Å². The molecule has 0 saturated heterocycles. The summed E-state index contributed by atoms with van der Waals surface area (Å²) in [5, 5.41) is 0. The van der Waals surface area contributed by atoms with E-state index in [0.29, 0.717) is 6.61 Å². The van der Waals surface area contributed by atoms with Crippen LogP contribution in [0.3, 0.4) is 0 Å². The average molecular weight is 222 g/mol. The highest BCUT2D eigenvalue weighted by molar-refractivity contribution is 7.98. The van der Waals surface area contributed by atoms with E-state index in [2.05, 4.69) is 18.7 Å². The van der Waals surface area contributed by atoms with Gasteiger partial charge in [0.2, 0.25) is 0 Å². The van der Waals surface area contributed by atoms with E-state index < -0.39 is 0 Å². The van der Waals surface area contributed by atoms with Gasteiger partial charge in [-0.2, -0.15) is 11.8 Å². The minimum absolute atomic E-state index is 0.352. The van der Waals surface area contributed by atoms with Crippen molar-refractivity contribution in [2.24, 2.45) is 0 Å². The summed E-state index contributed by atoms with van der Waals surface area (Å²) >= 11 is 1.75. The van der Waals surface area contributed by atoms with E-state index in [0.717, 1.165) is 11.5 Å². The molecule has 80 valence electrons. The Balaban J connectivity index is 2.07. The normalized spacial score (nSPS) is 9.60. The lowest BCUT2D eigenvalue weighted by Crippen LogP contribution is -2.03. The number of thioether (sulfide) groups is 1. The molecule has 0 radical (unpaired) electrons. The Kier molecular flexibility index (Phi) is 5.63. The molecule has 1 aromatic carbocycles. The van der Waals surface area contributed by atoms with Crippen LogP contribution in [0.15, 0.2) is 43.0 Å². The molecule has 0 bridgehead atoms. The number of carbonyl (C=O) groups is 1. The molecular weight excluding hydrogens is 208 g/mol. The van der Waals surface area contributed by atoms with Crippen LogP contribution in [0.5, 0.6) is 0 Å². The fourth-order valence-corrected chi connectivity index (χ4v) is 1.80. The highest BCUT2D eigenvalue weighted by atomic mass is 32.2. The summed E-state index contributed by atoms with van der Waals surface area (Å²) in [5.74, 6) is 1.41.